The van der Waals surface area contributed by atoms with Gasteiger partial charge >= 0.3 is 0 Å². The second kappa shape index (κ2) is 7.29. The molecule has 0 aliphatic carbocycles. The van der Waals surface area contributed by atoms with Crippen LogP contribution in [0.5, 0.6) is 17.2 Å². The minimum Gasteiger partial charge on any atom is -0.872 e. The predicted octanol–water partition coefficient (Wildman–Crippen LogP) is 2.00. The molecule has 0 fully saturated rings. The Hall–Kier alpha value is -3.25. The minimum absolute atomic E-state index is 0.105. The second-order valence-electron chi connectivity index (χ2n) is 7.50. The van der Waals surface area contributed by atoms with E-state index in [4.69, 9.17) is 9.47 Å². The molecule has 1 N–H and O–H groups in total. The van der Waals surface area contributed by atoms with Crippen molar-refractivity contribution >= 4 is 22.8 Å². The number of allylic oxidation sites excluding steroid dienone is 1. The number of aryl methyl sites for hydroxylation is 1. The molecule has 0 spiro atoms. The van der Waals surface area contributed by atoms with E-state index in [0.29, 0.717) is 23.4 Å². The van der Waals surface area contributed by atoms with Crippen molar-refractivity contribution < 1.29 is 24.3 Å². The van der Waals surface area contributed by atoms with E-state index in [1.54, 1.807) is 19.3 Å². The van der Waals surface area contributed by atoms with Crippen LogP contribution in [0.4, 0.5) is 0 Å². The van der Waals surface area contributed by atoms with Crippen molar-refractivity contribution in [2.75, 3.05) is 21.2 Å². The van der Waals surface area contributed by atoms with Crippen LogP contribution in [0.25, 0.3) is 17.0 Å². The number of nitrogens with one attached hydrogen (secondary N) is 1. The van der Waals surface area contributed by atoms with Gasteiger partial charge in [0.05, 0.1) is 26.8 Å². The summed E-state index contributed by atoms with van der Waals surface area (Å²) in [5.41, 5.74) is 2.92. The van der Waals surface area contributed by atoms with Crippen molar-refractivity contribution in [2.45, 2.75) is 20.0 Å². The number of nitrogens with zero attached hydrogens (tertiary/aromatic N) is 1. The van der Waals surface area contributed by atoms with Gasteiger partial charge in [0.1, 0.15) is 18.0 Å². The minimum atomic E-state index is -0.199. The first-order valence-corrected chi connectivity index (χ1v) is 9.66. The van der Waals surface area contributed by atoms with E-state index < -0.39 is 0 Å². The molecule has 29 heavy (non-hydrogen) atoms. The predicted molar refractivity (Wildman–Crippen MR) is 110 cm³/mol. The average molecular weight is 392 g/mol. The number of carbonyl (C=O) groups excluding carboxylic acids is 1. The lowest BCUT2D eigenvalue weighted by molar-refractivity contribution is -0.872. The maximum Gasteiger partial charge on any atom is 0.231 e. The Morgan fingerprint density at radius 1 is 1.24 bits per heavy atom. The summed E-state index contributed by atoms with van der Waals surface area (Å²) in [4.78, 5) is 14.0. The molecule has 2 aromatic carbocycles. The first-order valence-electron chi connectivity index (χ1n) is 9.66. The Morgan fingerprint density at radius 2 is 2.03 bits per heavy atom. The fraction of sp³-hybridized carbons (Fsp3) is 0.261. The fourth-order valence-electron chi connectivity index (χ4n) is 3.76. The van der Waals surface area contributed by atoms with Crippen LogP contribution in [0.1, 0.15) is 28.4 Å². The number of hydrogen-bond acceptors (Lipinski definition) is 4. The van der Waals surface area contributed by atoms with Gasteiger partial charge in [-0.3, -0.25) is 4.79 Å². The summed E-state index contributed by atoms with van der Waals surface area (Å²) in [6.07, 6.45) is 3.76. The lowest BCUT2D eigenvalue weighted by Gasteiger charge is -2.17. The van der Waals surface area contributed by atoms with Crippen LogP contribution in [0.15, 0.2) is 42.3 Å². The molecule has 0 saturated heterocycles. The molecule has 0 amide bonds. The van der Waals surface area contributed by atoms with Crippen LogP contribution >= 0.6 is 0 Å². The summed E-state index contributed by atoms with van der Waals surface area (Å²) in [6, 6.07) is 8.90. The Balaban J connectivity index is 1.81. The summed E-state index contributed by atoms with van der Waals surface area (Å²) in [5, 5.41) is 13.3. The molecule has 0 bridgehead atoms. The highest BCUT2D eigenvalue weighted by atomic mass is 16.5. The normalized spacial score (nSPS) is 14.7. The number of Topliss-reactive ketones (excluding diaryl/α,β-unsaturated/α-hetero) is 1. The number of quaternary nitrogens is 1. The summed E-state index contributed by atoms with van der Waals surface area (Å²) < 4.78 is 13.4. The first kappa shape index (κ1) is 19.1. The van der Waals surface area contributed by atoms with Crippen molar-refractivity contribution in [1.82, 2.24) is 4.57 Å². The lowest BCUT2D eigenvalue weighted by atomic mass is 10.0. The van der Waals surface area contributed by atoms with Gasteiger partial charge in [-0.15, -0.1) is 0 Å². The summed E-state index contributed by atoms with van der Waals surface area (Å²) in [7, 11) is 5.55. The van der Waals surface area contributed by atoms with E-state index in [1.807, 2.05) is 38.5 Å². The highest BCUT2D eigenvalue weighted by Crippen LogP contribution is 2.39. The molecule has 0 unspecified atom stereocenters. The SMILES string of the molecule is CCn1cc(C=C2Oc3c(ccc([O-])c3C[NH+](C)C)C2=O)c2cc(OC)ccc21. The Bertz CT molecular complexity index is 1140. The van der Waals surface area contributed by atoms with Crippen molar-refractivity contribution in [2.24, 2.45) is 0 Å². The molecule has 6 heteroatoms. The number of hydrogen-bond donors (Lipinski definition) is 1. The van der Waals surface area contributed by atoms with Gasteiger partial charge in [0, 0.05) is 34.8 Å². The maximum absolute atomic E-state index is 13.0. The van der Waals surface area contributed by atoms with Gasteiger partial charge in [0.25, 0.3) is 0 Å². The molecule has 0 saturated carbocycles. The van der Waals surface area contributed by atoms with Crippen LogP contribution in [0.3, 0.4) is 0 Å². The monoisotopic (exact) mass is 392 g/mol. The molecule has 3 aromatic rings. The molecule has 1 aliphatic rings. The topological polar surface area (TPSA) is 68.0 Å². The zero-order valence-electron chi connectivity index (χ0n) is 17.0. The van der Waals surface area contributed by atoms with Crippen molar-refractivity contribution in [3.63, 3.8) is 0 Å². The summed E-state index contributed by atoms with van der Waals surface area (Å²) in [6.45, 7) is 3.37. The van der Waals surface area contributed by atoms with Crippen molar-refractivity contribution in [3.05, 3.63) is 59.0 Å². The van der Waals surface area contributed by atoms with Gasteiger partial charge in [-0.05, 0) is 37.3 Å². The Morgan fingerprint density at radius 3 is 2.72 bits per heavy atom. The number of carbonyl (C=O) groups is 1. The molecule has 1 aromatic heterocycles. The zero-order chi connectivity index (χ0) is 20.7. The molecule has 0 atom stereocenters. The van der Waals surface area contributed by atoms with E-state index >= 15 is 0 Å². The second-order valence-corrected chi connectivity index (χ2v) is 7.50. The van der Waals surface area contributed by atoms with Crippen LogP contribution in [0, 0.1) is 0 Å². The summed E-state index contributed by atoms with van der Waals surface area (Å²) in [5.74, 6) is 1.08. The first-order chi connectivity index (χ1) is 13.9. The third kappa shape index (κ3) is 3.25. The van der Waals surface area contributed by atoms with E-state index in [-0.39, 0.29) is 17.3 Å². The molecule has 6 nitrogen and oxygen atoms in total. The molecule has 4 rings (SSSR count). The van der Waals surface area contributed by atoms with E-state index in [1.165, 1.54) is 6.07 Å². The quantitative estimate of drug-likeness (QED) is 0.675. The smallest absolute Gasteiger partial charge is 0.231 e. The molecule has 1 aliphatic heterocycles. The van der Waals surface area contributed by atoms with Gasteiger partial charge < -0.3 is 24.0 Å². The van der Waals surface area contributed by atoms with Gasteiger partial charge in [0.2, 0.25) is 5.78 Å². The Kier molecular flexibility index (Phi) is 4.80. The Labute approximate surface area is 169 Å². The van der Waals surface area contributed by atoms with E-state index in [2.05, 4.69) is 11.5 Å². The number of aromatic nitrogens is 1. The zero-order valence-corrected chi connectivity index (χ0v) is 17.0. The number of ketones is 1. The largest absolute Gasteiger partial charge is 0.872 e. The number of methoxy groups -OCH3 is 1. The highest BCUT2D eigenvalue weighted by Gasteiger charge is 2.30. The molecular weight excluding hydrogens is 368 g/mol. The fourth-order valence-corrected chi connectivity index (χ4v) is 3.76. The van der Waals surface area contributed by atoms with Gasteiger partial charge in [-0.2, -0.15) is 0 Å². The summed E-state index contributed by atoms with van der Waals surface area (Å²) >= 11 is 0. The van der Waals surface area contributed by atoms with Crippen LogP contribution in [-0.4, -0.2) is 31.6 Å². The van der Waals surface area contributed by atoms with Crippen molar-refractivity contribution in [1.29, 1.82) is 0 Å². The number of fused-ring (bicyclic) bond motifs is 2. The van der Waals surface area contributed by atoms with Gasteiger partial charge in [0.15, 0.2) is 5.76 Å². The molecular formula is C23H24N2O4. The van der Waals surface area contributed by atoms with Gasteiger partial charge in [-0.25, -0.2) is 0 Å². The third-order valence-corrected chi connectivity index (χ3v) is 5.17. The molecule has 0 radical (unpaired) electrons. The van der Waals surface area contributed by atoms with Crippen LogP contribution < -0.4 is 19.5 Å². The van der Waals surface area contributed by atoms with E-state index in [9.17, 15) is 9.90 Å². The highest BCUT2D eigenvalue weighted by molar-refractivity contribution is 6.15. The van der Waals surface area contributed by atoms with Crippen LogP contribution in [-0.2, 0) is 13.1 Å². The number of benzene rings is 2. The van der Waals surface area contributed by atoms with Crippen LogP contribution in [0.2, 0.25) is 0 Å². The van der Waals surface area contributed by atoms with Crippen molar-refractivity contribution in [3.8, 4) is 17.2 Å². The third-order valence-electron chi connectivity index (χ3n) is 5.17. The average Bonchev–Trinajstić information content (AvgIpc) is 3.21. The standard InChI is InChI=1S/C23H24N2O4/c1-5-25-12-14(17-11-15(28-4)6-8-19(17)25)10-21-22(27)16-7-9-20(26)18(13-24(2)3)23(16)29-21/h6-12,26H,5,13H2,1-4H3. The lowest BCUT2D eigenvalue weighted by Crippen LogP contribution is -3.04. The number of ether oxygens (including phenoxy) is 2. The molecule has 150 valence electrons. The maximum atomic E-state index is 13.0. The van der Waals surface area contributed by atoms with Gasteiger partial charge in [-0.1, -0.05) is 11.8 Å². The molecule has 2 heterocycles. The number of rotatable bonds is 5. The van der Waals surface area contributed by atoms with E-state index in [0.717, 1.165) is 33.7 Å².